The molecule has 2 N–H and O–H groups in total. The van der Waals surface area contributed by atoms with Crippen LogP contribution in [0, 0.1) is 0 Å². The van der Waals surface area contributed by atoms with Crippen molar-refractivity contribution in [2.24, 2.45) is 0 Å². The summed E-state index contributed by atoms with van der Waals surface area (Å²) in [6.45, 7) is 1.91. The van der Waals surface area contributed by atoms with Gasteiger partial charge in [-0.2, -0.15) is 0 Å². The number of carbonyl (C=O) groups is 1. The summed E-state index contributed by atoms with van der Waals surface area (Å²) in [4.78, 5) is 14.2. The molecule has 4 nitrogen and oxygen atoms in total. The molecular weight excluding hydrogens is 296 g/mol. The second-order valence-electron chi connectivity index (χ2n) is 4.86. The number of hydrogen-bond acceptors (Lipinski definition) is 4. The first-order valence-electron chi connectivity index (χ1n) is 6.87. The van der Waals surface area contributed by atoms with Gasteiger partial charge >= 0.3 is 0 Å². The molecule has 1 aliphatic heterocycles. The van der Waals surface area contributed by atoms with Crippen LogP contribution in [0.25, 0.3) is 0 Å². The second kappa shape index (κ2) is 6.15. The molecule has 0 bridgehead atoms. The summed E-state index contributed by atoms with van der Waals surface area (Å²) < 4.78 is 5.11. The van der Waals surface area contributed by atoms with Crippen molar-refractivity contribution in [3.05, 3.63) is 59.1 Å². The Balaban J connectivity index is 1.77. The number of anilines is 2. The van der Waals surface area contributed by atoms with Crippen LogP contribution in [0.1, 0.15) is 6.92 Å². The van der Waals surface area contributed by atoms with Crippen LogP contribution in [0.3, 0.4) is 0 Å². The van der Waals surface area contributed by atoms with Gasteiger partial charge in [0.05, 0.1) is 17.7 Å². The monoisotopic (exact) mass is 312 g/mol. The zero-order valence-corrected chi connectivity index (χ0v) is 13.2. The molecule has 5 heteroatoms. The van der Waals surface area contributed by atoms with Crippen LogP contribution in [0.15, 0.2) is 64.0 Å². The van der Waals surface area contributed by atoms with Crippen LogP contribution in [0.5, 0.6) is 5.75 Å². The van der Waals surface area contributed by atoms with E-state index in [1.165, 1.54) is 11.8 Å². The van der Waals surface area contributed by atoms with E-state index in [1.54, 1.807) is 7.11 Å². The Morgan fingerprint density at radius 3 is 2.59 bits per heavy atom. The molecule has 0 saturated heterocycles. The van der Waals surface area contributed by atoms with Gasteiger partial charge < -0.3 is 15.4 Å². The van der Waals surface area contributed by atoms with Gasteiger partial charge in [0.25, 0.3) is 5.91 Å². The Hall–Kier alpha value is -2.40. The van der Waals surface area contributed by atoms with Gasteiger partial charge in [-0.15, -0.1) is 0 Å². The average molecular weight is 312 g/mol. The zero-order valence-electron chi connectivity index (χ0n) is 12.3. The van der Waals surface area contributed by atoms with E-state index in [4.69, 9.17) is 4.74 Å². The van der Waals surface area contributed by atoms with Crippen LogP contribution in [0.2, 0.25) is 0 Å². The maximum absolute atomic E-state index is 12.5. The Bertz CT molecular complexity index is 739. The van der Waals surface area contributed by atoms with E-state index in [0.717, 1.165) is 27.7 Å². The standard InChI is InChI=1S/C17H16N2O2S/c1-11-16(22-15-6-4-3-5-14(15)18-11)17(20)19-12-7-9-13(21-2)10-8-12/h3-10,18H,1-2H3,(H,19,20). The van der Waals surface area contributed by atoms with Crippen LogP contribution in [-0.4, -0.2) is 13.0 Å². The van der Waals surface area contributed by atoms with Crippen LogP contribution in [-0.2, 0) is 4.79 Å². The molecule has 1 aliphatic rings. The van der Waals surface area contributed by atoms with Crippen molar-refractivity contribution in [3.8, 4) is 5.75 Å². The Kier molecular flexibility index (Phi) is 4.06. The SMILES string of the molecule is COc1ccc(NC(=O)C2=C(C)Nc3ccccc3S2)cc1. The third kappa shape index (κ3) is 2.94. The number of amides is 1. The first-order valence-corrected chi connectivity index (χ1v) is 7.69. The highest BCUT2D eigenvalue weighted by Crippen LogP contribution is 2.39. The number of para-hydroxylation sites is 1. The highest BCUT2D eigenvalue weighted by molar-refractivity contribution is 8.04. The second-order valence-corrected chi connectivity index (χ2v) is 5.91. The Labute approximate surface area is 133 Å². The smallest absolute Gasteiger partial charge is 0.264 e. The summed E-state index contributed by atoms with van der Waals surface area (Å²) in [6, 6.07) is 15.2. The molecule has 0 spiro atoms. The molecule has 112 valence electrons. The molecule has 0 radical (unpaired) electrons. The number of fused-ring (bicyclic) bond motifs is 1. The van der Waals surface area contributed by atoms with E-state index in [2.05, 4.69) is 10.6 Å². The van der Waals surface area contributed by atoms with E-state index in [-0.39, 0.29) is 5.91 Å². The van der Waals surface area contributed by atoms with Gasteiger partial charge in [0, 0.05) is 16.3 Å². The number of allylic oxidation sites excluding steroid dienone is 1. The summed E-state index contributed by atoms with van der Waals surface area (Å²) >= 11 is 1.48. The molecule has 3 rings (SSSR count). The van der Waals surface area contributed by atoms with Crippen molar-refractivity contribution in [3.63, 3.8) is 0 Å². The van der Waals surface area contributed by atoms with E-state index in [9.17, 15) is 4.79 Å². The van der Waals surface area contributed by atoms with E-state index < -0.39 is 0 Å². The summed E-state index contributed by atoms with van der Waals surface area (Å²) in [5.41, 5.74) is 2.63. The lowest BCUT2D eigenvalue weighted by Crippen LogP contribution is -2.18. The maximum Gasteiger partial charge on any atom is 0.264 e. The molecular formula is C17H16N2O2S. The molecule has 0 unspecified atom stereocenters. The van der Waals surface area contributed by atoms with Gasteiger partial charge in [-0.1, -0.05) is 23.9 Å². The highest BCUT2D eigenvalue weighted by Gasteiger charge is 2.21. The molecule has 0 fully saturated rings. The van der Waals surface area contributed by atoms with Gasteiger partial charge in [-0.3, -0.25) is 4.79 Å². The Morgan fingerprint density at radius 1 is 1.14 bits per heavy atom. The summed E-state index contributed by atoms with van der Waals surface area (Å²) in [5.74, 6) is 0.644. The largest absolute Gasteiger partial charge is 0.497 e. The van der Waals surface area contributed by atoms with Gasteiger partial charge in [0.2, 0.25) is 0 Å². The van der Waals surface area contributed by atoms with Gasteiger partial charge in [-0.25, -0.2) is 0 Å². The molecule has 1 heterocycles. The van der Waals surface area contributed by atoms with Crippen LogP contribution >= 0.6 is 11.8 Å². The number of hydrogen-bond donors (Lipinski definition) is 2. The van der Waals surface area contributed by atoms with E-state index >= 15 is 0 Å². The zero-order chi connectivity index (χ0) is 15.5. The minimum absolute atomic E-state index is 0.116. The number of methoxy groups -OCH3 is 1. The van der Waals surface area contributed by atoms with Crippen LogP contribution in [0.4, 0.5) is 11.4 Å². The van der Waals surface area contributed by atoms with Crippen molar-refractivity contribution < 1.29 is 9.53 Å². The highest BCUT2D eigenvalue weighted by atomic mass is 32.2. The quantitative estimate of drug-likeness (QED) is 0.896. The minimum atomic E-state index is -0.116. The molecule has 0 atom stereocenters. The fourth-order valence-electron chi connectivity index (χ4n) is 2.18. The first kappa shape index (κ1) is 14.5. The fraction of sp³-hybridized carbons (Fsp3) is 0.118. The third-order valence-electron chi connectivity index (χ3n) is 3.32. The lowest BCUT2D eigenvalue weighted by molar-refractivity contribution is -0.112. The normalized spacial score (nSPS) is 13.2. The van der Waals surface area contributed by atoms with Gasteiger partial charge in [-0.05, 0) is 43.3 Å². The van der Waals surface area contributed by atoms with Crippen molar-refractivity contribution in [1.29, 1.82) is 0 Å². The maximum atomic E-state index is 12.5. The molecule has 0 saturated carbocycles. The number of rotatable bonds is 3. The summed E-state index contributed by atoms with van der Waals surface area (Å²) in [5, 5.41) is 6.18. The molecule has 2 aromatic carbocycles. The lowest BCUT2D eigenvalue weighted by atomic mass is 10.2. The topological polar surface area (TPSA) is 50.4 Å². The van der Waals surface area contributed by atoms with Crippen molar-refractivity contribution in [2.75, 3.05) is 17.7 Å². The Morgan fingerprint density at radius 2 is 1.86 bits per heavy atom. The molecule has 0 aliphatic carbocycles. The fourth-order valence-corrected chi connectivity index (χ4v) is 3.13. The summed E-state index contributed by atoms with van der Waals surface area (Å²) in [7, 11) is 1.61. The van der Waals surface area contributed by atoms with Gasteiger partial charge in [0.15, 0.2) is 0 Å². The predicted octanol–water partition coefficient (Wildman–Crippen LogP) is 4.08. The minimum Gasteiger partial charge on any atom is -0.497 e. The van der Waals surface area contributed by atoms with Crippen molar-refractivity contribution >= 4 is 29.0 Å². The first-order chi connectivity index (χ1) is 10.7. The molecule has 22 heavy (non-hydrogen) atoms. The third-order valence-corrected chi connectivity index (χ3v) is 4.59. The van der Waals surface area contributed by atoms with Crippen molar-refractivity contribution in [1.82, 2.24) is 0 Å². The molecule has 0 aromatic heterocycles. The van der Waals surface area contributed by atoms with Gasteiger partial charge in [0.1, 0.15) is 5.75 Å². The number of thioether (sulfide) groups is 1. The predicted molar refractivity (Wildman–Crippen MR) is 90.2 cm³/mol. The lowest BCUT2D eigenvalue weighted by Gasteiger charge is -2.21. The van der Waals surface area contributed by atoms with E-state index in [0.29, 0.717) is 4.91 Å². The number of carbonyl (C=O) groups excluding carboxylic acids is 1. The van der Waals surface area contributed by atoms with E-state index in [1.807, 2.05) is 55.5 Å². The summed E-state index contributed by atoms with van der Waals surface area (Å²) in [6.07, 6.45) is 0. The van der Waals surface area contributed by atoms with Crippen molar-refractivity contribution in [2.45, 2.75) is 11.8 Å². The number of ether oxygens (including phenoxy) is 1. The molecule has 1 amide bonds. The van der Waals surface area contributed by atoms with Crippen LogP contribution < -0.4 is 15.4 Å². The average Bonchev–Trinajstić information content (AvgIpc) is 2.54. The number of benzene rings is 2. The number of nitrogens with one attached hydrogen (secondary N) is 2. The molecule has 2 aromatic rings.